The van der Waals surface area contributed by atoms with Crippen molar-refractivity contribution in [3.8, 4) is 0 Å². The van der Waals surface area contributed by atoms with Gasteiger partial charge in [-0.1, -0.05) is 0 Å². The van der Waals surface area contributed by atoms with Gasteiger partial charge in [-0.2, -0.15) is 10.2 Å². The van der Waals surface area contributed by atoms with Gasteiger partial charge in [-0.25, -0.2) is 4.99 Å². The van der Waals surface area contributed by atoms with Crippen LogP contribution in [-0.2, 0) is 23.1 Å². The molecule has 2 N–H and O–H groups in total. The Labute approximate surface area is 182 Å². The maximum atomic E-state index is 6.07. The number of nitrogens with one attached hydrogen (secondary N) is 2. The molecule has 2 aromatic heterocycles. The number of aromatic nitrogens is 4. The van der Waals surface area contributed by atoms with Crippen molar-refractivity contribution >= 4 is 5.96 Å². The fraction of sp³-hybridized carbons (Fsp3) is 0.667. The summed E-state index contributed by atoms with van der Waals surface area (Å²) < 4.78 is 13.7. The van der Waals surface area contributed by atoms with Gasteiger partial charge in [0.05, 0.1) is 37.2 Å². The molecule has 3 aliphatic rings. The molecule has 0 bridgehead atoms. The molecule has 5 heterocycles. The Bertz CT molecular complexity index is 867. The van der Waals surface area contributed by atoms with E-state index in [-0.39, 0.29) is 6.10 Å². The van der Waals surface area contributed by atoms with Crippen LogP contribution in [0.25, 0.3) is 0 Å². The maximum Gasteiger partial charge on any atom is 0.194 e. The van der Waals surface area contributed by atoms with Gasteiger partial charge in [-0.15, -0.1) is 0 Å². The number of piperazine rings is 1. The Morgan fingerprint density at radius 2 is 2.23 bits per heavy atom. The van der Waals surface area contributed by atoms with Gasteiger partial charge in [0.1, 0.15) is 6.10 Å². The van der Waals surface area contributed by atoms with E-state index in [9.17, 15) is 0 Å². The van der Waals surface area contributed by atoms with Crippen molar-refractivity contribution in [2.45, 2.75) is 25.1 Å². The molecule has 0 saturated carbocycles. The van der Waals surface area contributed by atoms with E-state index in [2.05, 4.69) is 36.5 Å². The predicted molar refractivity (Wildman–Crippen MR) is 115 cm³/mol. The van der Waals surface area contributed by atoms with Crippen molar-refractivity contribution < 1.29 is 9.47 Å². The standard InChI is InChI=1S/C21H32N8O2/c1-27-19(3-6-25-27)20-16(4-10-31-20)12-22-21(23-13-17-2-5-24-26-17)29-8-7-28-9-11-30-15-18(28)14-29/h2-3,5-6,16,18,20H,4,7-15H2,1H3,(H,22,23)(H,24,26)/t16-,18?,20+/m0/s1. The number of hydrogen-bond donors (Lipinski definition) is 2. The van der Waals surface area contributed by atoms with Crippen molar-refractivity contribution in [1.82, 2.24) is 35.1 Å². The third kappa shape index (κ3) is 4.60. The first-order valence-corrected chi connectivity index (χ1v) is 11.2. The molecule has 5 rings (SSSR count). The molecule has 10 heteroatoms. The van der Waals surface area contributed by atoms with Crippen LogP contribution in [0.3, 0.4) is 0 Å². The number of ether oxygens (including phenoxy) is 2. The van der Waals surface area contributed by atoms with Gasteiger partial charge in [0.25, 0.3) is 0 Å². The molecule has 0 aliphatic carbocycles. The first-order chi connectivity index (χ1) is 15.3. The molecular weight excluding hydrogens is 396 g/mol. The highest BCUT2D eigenvalue weighted by Gasteiger charge is 2.34. The maximum absolute atomic E-state index is 6.07. The highest BCUT2D eigenvalue weighted by molar-refractivity contribution is 5.80. The van der Waals surface area contributed by atoms with Crippen molar-refractivity contribution in [2.75, 3.05) is 52.5 Å². The quantitative estimate of drug-likeness (QED) is 0.525. The van der Waals surface area contributed by atoms with Gasteiger partial charge in [0.2, 0.25) is 0 Å². The SMILES string of the molecule is Cn1nccc1[C@@H]1OCC[C@H]1CNC(=NCc1ccn[nH]1)N1CCN2CCOCC2C1. The number of aromatic amines is 1. The highest BCUT2D eigenvalue weighted by Crippen LogP contribution is 2.33. The van der Waals surface area contributed by atoms with Crippen molar-refractivity contribution in [2.24, 2.45) is 18.0 Å². The molecule has 3 fully saturated rings. The second kappa shape index (κ2) is 9.37. The summed E-state index contributed by atoms with van der Waals surface area (Å²) in [6, 6.07) is 4.45. The molecule has 3 atom stereocenters. The average molecular weight is 429 g/mol. The molecule has 168 valence electrons. The third-order valence-corrected chi connectivity index (χ3v) is 6.58. The van der Waals surface area contributed by atoms with Crippen LogP contribution < -0.4 is 5.32 Å². The van der Waals surface area contributed by atoms with Crippen molar-refractivity contribution in [3.05, 3.63) is 35.9 Å². The van der Waals surface area contributed by atoms with E-state index in [0.29, 0.717) is 18.5 Å². The van der Waals surface area contributed by atoms with E-state index in [4.69, 9.17) is 14.5 Å². The van der Waals surface area contributed by atoms with Crippen LogP contribution in [0.2, 0.25) is 0 Å². The van der Waals surface area contributed by atoms with Crippen molar-refractivity contribution in [1.29, 1.82) is 0 Å². The van der Waals surface area contributed by atoms with Crippen LogP contribution in [0, 0.1) is 5.92 Å². The smallest absolute Gasteiger partial charge is 0.194 e. The fourth-order valence-corrected chi connectivity index (χ4v) is 4.79. The molecule has 0 spiro atoms. The lowest BCUT2D eigenvalue weighted by Gasteiger charge is -2.44. The van der Waals surface area contributed by atoms with Gasteiger partial charge in [0.15, 0.2) is 5.96 Å². The molecule has 2 aromatic rings. The highest BCUT2D eigenvalue weighted by atomic mass is 16.5. The van der Waals surface area contributed by atoms with E-state index in [0.717, 1.165) is 76.3 Å². The Hall–Kier alpha value is -2.43. The fourth-order valence-electron chi connectivity index (χ4n) is 4.79. The second-order valence-electron chi connectivity index (χ2n) is 8.53. The Morgan fingerprint density at radius 3 is 3.06 bits per heavy atom. The summed E-state index contributed by atoms with van der Waals surface area (Å²) in [6.45, 7) is 7.78. The number of H-pyrrole nitrogens is 1. The Balaban J connectivity index is 1.28. The molecule has 3 aliphatic heterocycles. The lowest BCUT2D eigenvalue weighted by atomic mass is 9.99. The number of morpholine rings is 1. The van der Waals surface area contributed by atoms with Gasteiger partial charge < -0.3 is 19.7 Å². The zero-order valence-corrected chi connectivity index (χ0v) is 18.1. The number of rotatable bonds is 5. The summed E-state index contributed by atoms with van der Waals surface area (Å²) in [5, 5.41) is 15.0. The molecule has 10 nitrogen and oxygen atoms in total. The van der Waals surface area contributed by atoms with Gasteiger partial charge in [0, 0.05) is 64.7 Å². The molecule has 31 heavy (non-hydrogen) atoms. The lowest BCUT2D eigenvalue weighted by Crippen LogP contribution is -2.61. The average Bonchev–Trinajstić information content (AvgIpc) is 3.55. The third-order valence-electron chi connectivity index (χ3n) is 6.58. The summed E-state index contributed by atoms with van der Waals surface area (Å²) in [7, 11) is 1.98. The van der Waals surface area contributed by atoms with E-state index in [1.807, 2.05) is 24.0 Å². The monoisotopic (exact) mass is 428 g/mol. The Morgan fingerprint density at radius 1 is 1.26 bits per heavy atom. The summed E-state index contributed by atoms with van der Waals surface area (Å²) >= 11 is 0. The lowest BCUT2D eigenvalue weighted by molar-refractivity contribution is -0.0332. The first kappa shape index (κ1) is 20.5. The summed E-state index contributed by atoms with van der Waals surface area (Å²) in [5.74, 6) is 1.34. The number of fused-ring (bicyclic) bond motifs is 1. The minimum Gasteiger partial charge on any atom is -0.378 e. The number of nitrogens with zero attached hydrogens (tertiary/aromatic N) is 6. The zero-order valence-electron chi connectivity index (χ0n) is 18.1. The minimum absolute atomic E-state index is 0.0671. The van der Waals surface area contributed by atoms with Crippen LogP contribution in [-0.4, -0.2) is 94.3 Å². The first-order valence-electron chi connectivity index (χ1n) is 11.2. The van der Waals surface area contributed by atoms with Crippen LogP contribution in [0.4, 0.5) is 0 Å². The number of guanidine groups is 1. The molecule has 3 saturated heterocycles. The molecule has 1 unspecified atom stereocenters. The largest absolute Gasteiger partial charge is 0.378 e. The minimum atomic E-state index is 0.0671. The molecular formula is C21H32N8O2. The van der Waals surface area contributed by atoms with E-state index < -0.39 is 0 Å². The topological polar surface area (TPSA) is 95.8 Å². The van der Waals surface area contributed by atoms with Crippen LogP contribution in [0.15, 0.2) is 29.5 Å². The Kier molecular flexibility index (Phi) is 6.19. The summed E-state index contributed by atoms with van der Waals surface area (Å²) in [6.07, 6.45) is 4.70. The van der Waals surface area contributed by atoms with Gasteiger partial charge >= 0.3 is 0 Å². The normalized spacial score (nSPS) is 27.5. The molecule has 0 radical (unpaired) electrons. The predicted octanol–water partition coefficient (Wildman–Crippen LogP) is 0.383. The van der Waals surface area contributed by atoms with Crippen LogP contribution in [0.1, 0.15) is 23.9 Å². The molecule has 0 amide bonds. The van der Waals surface area contributed by atoms with Crippen LogP contribution >= 0.6 is 0 Å². The van der Waals surface area contributed by atoms with Gasteiger partial charge in [-0.05, 0) is 18.6 Å². The van der Waals surface area contributed by atoms with E-state index in [1.54, 1.807) is 6.20 Å². The van der Waals surface area contributed by atoms with E-state index >= 15 is 0 Å². The van der Waals surface area contributed by atoms with Crippen LogP contribution in [0.5, 0.6) is 0 Å². The molecule has 0 aromatic carbocycles. The van der Waals surface area contributed by atoms with Crippen molar-refractivity contribution in [3.63, 3.8) is 0 Å². The van der Waals surface area contributed by atoms with E-state index in [1.165, 1.54) is 0 Å². The number of hydrogen-bond acceptors (Lipinski definition) is 6. The summed E-state index contributed by atoms with van der Waals surface area (Å²) in [5.41, 5.74) is 2.14. The number of aryl methyl sites for hydroxylation is 1. The van der Waals surface area contributed by atoms with Gasteiger partial charge in [-0.3, -0.25) is 14.7 Å². The zero-order chi connectivity index (χ0) is 21.0. The number of aliphatic imine (C=N–C) groups is 1. The second-order valence-corrected chi connectivity index (χ2v) is 8.53. The summed E-state index contributed by atoms with van der Waals surface area (Å²) in [4.78, 5) is 9.85.